The summed E-state index contributed by atoms with van der Waals surface area (Å²) >= 11 is 0. The Morgan fingerprint density at radius 3 is 1.46 bits per heavy atom. The number of nitrogens with one attached hydrogen (secondary N) is 2. The van der Waals surface area contributed by atoms with E-state index in [1.54, 1.807) is 0 Å². The zero-order valence-electron chi connectivity index (χ0n) is 27.6. The lowest BCUT2D eigenvalue weighted by molar-refractivity contribution is 0.171. The zero-order chi connectivity index (χ0) is 32.4. The zero-order valence-corrected chi connectivity index (χ0v) is 27.6. The second-order valence-electron chi connectivity index (χ2n) is 12.5. The number of ether oxygens (including phenoxy) is 4. The molecule has 48 heavy (non-hydrogen) atoms. The van der Waals surface area contributed by atoms with Crippen molar-refractivity contribution in [1.82, 2.24) is 50.4 Å². The van der Waals surface area contributed by atoms with Gasteiger partial charge >= 0.3 is 0 Å². The van der Waals surface area contributed by atoms with Crippen molar-refractivity contribution < 1.29 is 18.9 Å². The number of hydrogen-bond donors (Lipinski definition) is 2. The van der Waals surface area contributed by atoms with Crippen LogP contribution in [-0.2, 0) is 26.2 Å². The molecule has 1 fully saturated rings. The molecule has 3 aliphatic heterocycles. The van der Waals surface area contributed by atoms with Gasteiger partial charge in [0.05, 0.1) is 36.9 Å². The average Bonchev–Trinajstić information content (AvgIpc) is 3.75. The third kappa shape index (κ3) is 9.01. The maximum absolute atomic E-state index is 5.74. The number of fused-ring (bicyclic) bond motifs is 2. The van der Waals surface area contributed by atoms with Crippen molar-refractivity contribution in [3.8, 4) is 23.0 Å². The fraction of sp³-hybridized carbons (Fsp3) is 0.529. The average molecular weight is 659 g/mol. The molecule has 0 amide bonds. The van der Waals surface area contributed by atoms with Gasteiger partial charge in [-0.2, -0.15) is 0 Å². The SMILES string of the molecule is c1cc2c(cc1Cn1cc(CN3CCCNCCN(Cc4cn(Cc5ccc6c(c5)OCCO6)nn4)CCCNCC3)nn1)OCCO2. The van der Waals surface area contributed by atoms with Gasteiger partial charge < -0.3 is 29.6 Å². The Morgan fingerprint density at radius 2 is 0.979 bits per heavy atom. The van der Waals surface area contributed by atoms with Crippen LogP contribution in [0.25, 0.3) is 0 Å². The highest BCUT2D eigenvalue weighted by Crippen LogP contribution is 2.32. The van der Waals surface area contributed by atoms with Crippen LogP contribution in [-0.4, -0.2) is 119 Å². The van der Waals surface area contributed by atoms with Crippen LogP contribution in [0.15, 0.2) is 48.8 Å². The van der Waals surface area contributed by atoms with Crippen molar-refractivity contribution >= 4 is 0 Å². The second kappa shape index (κ2) is 16.2. The standard InChI is InChI=1S/C34H46N10O4/c1-7-35-9-14-42(24-30-26-44(40-38-30)22-28-4-6-32-34(20-28)48-18-16-46-32)12-2-8-36-10-13-41(11-1)23-29-25-43(39-37-29)21-27-3-5-31-33(19-27)47-17-15-45-31/h3-6,19-20,25-26,35-36H,1-2,7-18,21-24H2. The molecule has 5 heterocycles. The molecule has 14 heteroatoms. The number of hydrogen-bond acceptors (Lipinski definition) is 12. The quantitative estimate of drug-likeness (QED) is 0.287. The first-order valence-corrected chi connectivity index (χ1v) is 17.1. The third-order valence-corrected chi connectivity index (χ3v) is 8.71. The first-order valence-electron chi connectivity index (χ1n) is 17.1. The van der Waals surface area contributed by atoms with E-state index < -0.39 is 0 Å². The van der Waals surface area contributed by atoms with Gasteiger partial charge in [0.2, 0.25) is 0 Å². The summed E-state index contributed by atoms with van der Waals surface area (Å²) in [6.45, 7) is 13.0. The van der Waals surface area contributed by atoms with Crippen molar-refractivity contribution in [2.45, 2.75) is 39.0 Å². The van der Waals surface area contributed by atoms with Gasteiger partial charge in [0.1, 0.15) is 26.4 Å². The van der Waals surface area contributed by atoms with Crippen LogP contribution in [0.3, 0.4) is 0 Å². The molecule has 2 N–H and O–H groups in total. The minimum atomic E-state index is 0.582. The van der Waals surface area contributed by atoms with Crippen molar-refractivity contribution in [1.29, 1.82) is 0 Å². The maximum Gasteiger partial charge on any atom is 0.161 e. The maximum atomic E-state index is 5.74. The van der Waals surface area contributed by atoms with Gasteiger partial charge in [0.15, 0.2) is 23.0 Å². The Balaban J connectivity index is 0.856. The van der Waals surface area contributed by atoms with Crippen LogP contribution >= 0.6 is 0 Å². The number of nitrogens with zero attached hydrogens (tertiary/aromatic N) is 8. The summed E-state index contributed by atoms with van der Waals surface area (Å²) < 4.78 is 26.6. The largest absolute Gasteiger partial charge is 0.486 e. The molecule has 0 saturated carbocycles. The van der Waals surface area contributed by atoms with E-state index in [0.717, 1.165) is 124 Å². The van der Waals surface area contributed by atoms with Gasteiger partial charge in [-0.3, -0.25) is 9.80 Å². The number of benzene rings is 2. The first kappa shape index (κ1) is 32.3. The molecule has 4 aromatic rings. The monoisotopic (exact) mass is 658 g/mol. The molecular weight excluding hydrogens is 612 g/mol. The molecule has 0 bridgehead atoms. The number of rotatable bonds is 8. The van der Waals surface area contributed by atoms with Crippen LogP contribution in [0.1, 0.15) is 35.4 Å². The molecule has 2 aromatic heterocycles. The Bertz CT molecular complexity index is 1480. The molecule has 0 spiro atoms. The van der Waals surface area contributed by atoms with Crippen molar-refractivity contribution in [3.05, 3.63) is 71.3 Å². The Kier molecular flexibility index (Phi) is 10.9. The Morgan fingerprint density at radius 1 is 0.521 bits per heavy atom. The summed E-state index contributed by atoms with van der Waals surface area (Å²) in [4.78, 5) is 4.94. The molecule has 2 aromatic carbocycles. The lowest BCUT2D eigenvalue weighted by atomic mass is 10.2. The molecule has 1 saturated heterocycles. The van der Waals surface area contributed by atoms with E-state index in [4.69, 9.17) is 18.9 Å². The van der Waals surface area contributed by atoms with Crippen LogP contribution < -0.4 is 29.6 Å². The van der Waals surface area contributed by atoms with Crippen molar-refractivity contribution in [2.24, 2.45) is 0 Å². The van der Waals surface area contributed by atoms with Gasteiger partial charge in [-0.25, -0.2) is 9.36 Å². The van der Waals surface area contributed by atoms with Gasteiger partial charge in [-0.05, 0) is 74.4 Å². The molecule has 0 atom stereocenters. The van der Waals surface area contributed by atoms with Crippen LogP contribution in [0.4, 0.5) is 0 Å². The highest BCUT2D eigenvalue weighted by atomic mass is 16.6. The normalized spacial score (nSPS) is 18.3. The van der Waals surface area contributed by atoms with E-state index >= 15 is 0 Å². The molecule has 0 aliphatic carbocycles. The minimum absolute atomic E-state index is 0.582. The minimum Gasteiger partial charge on any atom is -0.486 e. The van der Waals surface area contributed by atoms with Crippen LogP contribution in [0.2, 0.25) is 0 Å². The second-order valence-corrected chi connectivity index (χ2v) is 12.5. The summed E-state index contributed by atoms with van der Waals surface area (Å²) in [6.07, 6.45) is 6.25. The van der Waals surface area contributed by atoms with E-state index in [0.29, 0.717) is 39.5 Å². The van der Waals surface area contributed by atoms with E-state index in [9.17, 15) is 0 Å². The summed E-state index contributed by atoms with van der Waals surface area (Å²) in [6, 6.07) is 12.1. The fourth-order valence-electron chi connectivity index (χ4n) is 6.30. The Labute approximate surface area is 281 Å². The van der Waals surface area contributed by atoms with E-state index in [1.165, 1.54) is 0 Å². The van der Waals surface area contributed by atoms with Gasteiger partial charge in [-0.15, -0.1) is 10.2 Å². The first-order chi connectivity index (χ1) is 23.7. The Hall–Kier alpha value is -4.24. The van der Waals surface area contributed by atoms with Crippen molar-refractivity contribution in [3.63, 3.8) is 0 Å². The summed E-state index contributed by atoms with van der Waals surface area (Å²) in [5, 5.41) is 25.1. The lowest BCUT2D eigenvalue weighted by Gasteiger charge is -2.24. The fourth-order valence-corrected chi connectivity index (χ4v) is 6.30. The third-order valence-electron chi connectivity index (χ3n) is 8.71. The predicted octanol–water partition coefficient (Wildman–Crippen LogP) is 1.79. The summed E-state index contributed by atoms with van der Waals surface area (Å²) in [5.74, 6) is 3.20. The summed E-state index contributed by atoms with van der Waals surface area (Å²) in [5.41, 5.74) is 4.20. The molecule has 7 rings (SSSR count). The van der Waals surface area contributed by atoms with E-state index in [1.807, 2.05) is 33.6 Å². The van der Waals surface area contributed by atoms with Crippen LogP contribution in [0.5, 0.6) is 23.0 Å². The van der Waals surface area contributed by atoms with E-state index in [-0.39, 0.29) is 0 Å². The predicted molar refractivity (Wildman–Crippen MR) is 179 cm³/mol. The molecular formula is C34H46N10O4. The molecule has 14 nitrogen and oxygen atoms in total. The summed E-state index contributed by atoms with van der Waals surface area (Å²) in [7, 11) is 0. The topological polar surface area (TPSA) is 129 Å². The smallest absolute Gasteiger partial charge is 0.161 e. The molecule has 0 radical (unpaired) electrons. The molecule has 3 aliphatic rings. The van der Waals surface area contributed by atoms with Crippen molar-refractivity contribution in [2.75, 3.05) is 78.8 Å². The number of aromatic nitrogens is 6. The van der Waals surface area contributed by atoms with Gasteiger partial charge in [0.25, 0.3) is 0 Å². The van der Waals surface area contributed by atoms with E-state index in [2.05, 4.69) is 65.6 Å². The highest BCUT2D eigenvalue weighted by Gasteiger charge is 2.16. The lowest BCUT2D eigenvalue weighted by Crippen LogP contribution is -2.38. The van der Waals surface area contributed by atoms with Crippen LogP contribution in [0, 0.1) is 0 Å². The van der Waals surface area contributed by atoms with Gasteiger partial charge in [-0.1, -0.05) is 22.6 Å². The molecule has 256 valence electrons. The van der Waals surface area contributed by atoms with Gasteiger partial charge in [0, 0.05) is 39.3 Å². The molecule has 0 unspecified atom stereocenters. The highest BCUT2D eigenvalue weighted by molar-refractivity contribution is 5.44.